The number of hydrogen-bond donors (Lipinski definition) is 1. The highest BCUT2D eigenvalue weighted by Crippen LogP contribution is 2.30. The molecule has 0 aliphatic heterocycles. The van der Waals surface area contributed by atoms with Crippen molar-refractivity contribution in [1.82, 2.24) is 0 Å². The van der Waals surface area contributed by atoms with Crippen molar-refractivity contribution in [3.8, 4) is 0 Å². The lowest BCUT2D eigenvalue weighted by Crippen LogP contribution is -1.99. The van der Waals surface area contributed by atoms with Gasteiger partial charge in [-0.05, 0) is 32.8 Å². The minimum absolute atomic E-state index is 0.394. The van der Waals surface area contributed by atoms with Gasteiger partial charge in [0.15, 0.2) is 0 Å². The molecule has 0 bridgehead atoms. The van der Waals surface area contributed by atoms with Gasteiger partial charge in [0.2, 0.25) is 0 Å². The Morgan fingerprint density at radius 2 is 2.29 bits per heavy atom. The Hall–Kier alpha value is -0.160. The van der Waals surface area contributed by atoms with Gasteiger partial charge in [0.25, 0.3) is 0 Å². The van der Waals surface area contributed by atoms with Crippen LogP contribution in [0.4, 0.5) is 0 Å². The first kappa shape index (κ1) is 10.4. The molecule has 2 aromatic rings. The van der Waals surface area contributed by atoms with Crippen LogP contribution in [-0.2, 0) is 6.42 Å². The monoisotopic (exact) mass is 288 g/mol. The van der Waals surface area contributed by atoms with Crippen LogP contribution in [0, 0.1) is 0 Å². The molecule has 2 heterocycles. The van der Waals surface area contributed by atoms with Crippen molar-refractivity contribution in [2.45, 2.75) is 12.5 Å². The molecule has 1 atom stereocenters. The second-order valence-corrected chi connectivity index (χ2v) is 5.60. The van der Waals surface area contributed by atoms with Gasteiger partial charge >= 0.3 is 0 Å². The van der Waals surface area contributed by atoms with E-state index in [2.05, 4.69) is 15.9 Å². The van der Waals surface area contributed by atoms with Gasteiger partial charge in [0.05, 0.1) is 6.10 Å². The Balaban J connectivity index is 2.10. The molecule has 1 unspecified atom stereocenters. The lowest BCUT2D eigenvalue weighted by molar-refractivity contribution is 0.179. The van der Waals surface area contributed by atoms with E-state index in [1.54, 1.807) is 22.7 Å². The number of thiophene rings is 2. The van der Waals surface area contributed by atoms with E-state index in [4.69, 9.17) is 0 Å². The molecule has 74 valence electrons. The Kier molecular flexibility index (Phi) is 3.38. The van der Waals surface area contributed by atoms with Crippen LogP contribution < -0.4 is 0 Å². The lowest BCUT2D eigenvalue weighted by Gasteiger charge is -2.07. The maximum Gasteiger partial charge on any atom is 0.0857 e. The third kappa shape index (κ3) is 2.25. The predicted molar refractivity (Wildman–Crippen MR) is 65.0 cm³/mol. The number of aliphatic hydroxyl groups excluding tert-OH is 1. The average molecular weight is 289 g/mol. The summed E-state index contributed by atoms with van der Waals surface area (Å²) in [5.41, 5.74) is 0.989. The Morgan fingerprint density at radius 3 is 2.86 bits per heavy atom. The summed E-state index contributed by atoms with van der Waals surface area (Å²) in [6.45, 7) is 0. The maximum atomic E-state index is 9.95. The topological polar surface area (TPSA) is 20.2 Å². The summed E-state index contributed by atoms with van der Waals surface area (Å²) in [6.07, 6.45) is 0.307. The van der Waals surface area contributed by atoms with Crippen molar-refractivity contribution in [2.75, 3.05) is 0 Å². The first-order valence-electron chi connectivity index (χ1n) is 4.19. The predicted octanol–water partition coefficient (Wildman–Crippen LogP) is 3.85. The van der Waals surface area contributed by atoms with Gasteiger partial charge in [0, 0.05) is 26.7 Å². The fourth-order valence-electron chi connectivity index (χ4n) is 1.26. The zero-order valence-electron chi connectivity index (χ0n) is 7.31. The summed E-state index contributed by atoms with van der Waals surface area (Å²) in [5.74, 6) is 0. The molecule has 14 heavy (non-hydrogen) atoms. The first-order chi connectivity index (χ1) is 6.77. The van der Waals surface area contributed by atoms with Gasteiger partial charge < -0.3 is 5.11 Å². The second kappa shape index (κ2) is 4.57. The zero-order chi connectivity index (χ0) is 9.97. The van der Waals surface area contributed by atoms with Crippen LogP contribution in [0.15, 0.2) is 32.7 Å². The zero-order valence-corrected chi connectivity index (χ0v) is 10.5. The van der Waals surface area contributed by atoms with Crippen LogP contribution in [0.2, 0.25) is 0 Å². The van der Waals surface area contributed by atoms with Crippen LogP contribution >= 0.6 is 38.6 Å². The second-order valence-electron chi connectivity index (χ2n) is 2.97. The Bertz CT molecular complexity index is 394. The largest absolute Gasteiger partial charge is 0.388 e. The highest BCUT2D eigenvalue weighted by Gasteiger charge is 2.12. The fraction of sp³-hybridized carbons (Fsp3) is 0.200. The van der Waals surface area contributed by atoms with E-state index in [0.717, 1.165) is 10.0 Å². The highest BCUT2D eigenvalue weighted by atomic mass is 79.9. The molecule has 1 nitrogen and oxygen atoms in total. The van der Waals surface area contributed by atoms with Crippen molar-refractivity contribution in [3.05, 3.63) is 43.2 Å². The first-order valence-corrected chi connectivity index (χ1v) is 6.81. The average Bonchev–Trinajstić information content (AvgIpc) is 2.75. The van der Waals surface area contributed by atoms with Gasteiger partial charge in [-0.2, -0.15) is 11.3 Å². The molecule has 0 radical (unpaired) electrons. The van der Waals surface area contributed by atoms with Gasteiger partial charge in [-0.25, -0.2) is 0 Å². The van der Waals surface area contributed by atoms with Gasteiger partial charge in [0.1, 0.15) is 0 Å². The molecule has 2 rings (SSSR count). The van der Waals surface area contributed by atoms with Crippen LogP contribution in [0.25, 0.3) is 0 Å². The van der Waals surface area contributed by atoms with E-state index in [9.17, 15) is 5.11 Å². The molecule has 0 aromatic carbocycles. The quantitative estimate of drug-likeness (QED) is 0.910. The molecule has 0 saturated heterocycles. The summed E-state index contributed by atoms with van der Waals surface area (Å²) in [4.78, 5) is 1.22. The van der Waals surface area contributed by atoms with E-state index < -0.39 is 6.10 Å². The van der Waals surface area contributed by atoms with Gasteiger partial charge in [-0.1, -0.05) is 6.07 Å². The van der Waals surface area contributed by atoms with Crippen LogP contribution in [0.3, 0.4) is 0 Å². The summed E-state index contributed by atoms with van der Waals surface area (Å²) in [6, 6.07) is 4.06. The van der Waals surface area contributed by atoms with E-state index in [1.807, 2.05) is 28.3 Å². The van der Waals surface area contributed by atoms with Crippen molar-refractivity contribution >= 4 is 38.6 Å². The molecule has 2 aromatic heterocycles. The van der Waals surface area contributed by atoms with Crippen LogP contribution in [0.5, 0.6) is 0 Å². The Labute approximate surface area is 99.2 Å². The van der Waals surface area contributed by atoms with Crippen LogP contribution in [0.1, 0.15) is 16.5 Å². The number of hydrogen-bond acceptors (Lipinski definition) is 3. The molecule has 1 N–H and O–H groups in total. The van der Waals surface area contributed by atoms with E-state index in [1.165, 1.54) is 4.88 Å². The van der Waals surface area contributed by atoms with E-state index in [-0.39, 0.29) is 0 Å². The van der Waals surface area contributed by atoms with E-state index >= 15 is 0 Å². The number of halogens is 1. The standard InChI is InChI=1S/C10H9BrOS2/c11-9-6-13-5-8(9)10(12)4-7-2-1-3-14-7/h1-3,5-6,10,12H,4H2. The summed E-state index contributed by atoms with van der Waals surface area (Å²) in [7, 11) is 0. The summed E-state index contributed by atoms with van der Waals surface area (Å²) >= 11 is 6.71. The molecule has 0 spiro atoms. The molecule has 0 aliphatic rings. The normalized spacial score (nSPS) is 13.0. The van der Waals surface area contributed by atoms with Crippen LogP contribution in [-0.4, -0.2) is 5.11 Å². The van der Waals surface area contributed by atoms with Crippen molar-refractivity contribution in [1.29, 1.82) is 0 Å². The maximum absolute atomic E-state index is 9.95. The minimum atomic E-state index is -0.394. The molecular formula is C10H9BrOS2. The highest BCUT2D eigenvalue weighted by molar-refractivity contribution is 9.10. The third-order valence-electron chi connectivity index (χ3n) is 1.98. The van der Waals surface area contributed by atoms with Gasteiger partial charge in [-0.15, -0.1) is 11.3 Å². The van der Waals surface area contributed by atoms with E-state index in [0.29, 0.717) is 6.42 Å². The fourth-order valence-corrected chi connectivity index (χ4v) is 3.61. The number of aliphatic hydroxyl groups is 1. The molecule has 0 saturated carbocycles. The SMILES string of the molecule is OC(Cc1cccs1)c1cscc1Br. The smallest absolute Gasteiger partial charge is 0.0857 e. The molecular weight excluding hydrogens is 280 g/mol. The van der Waals surface area contributed by atoms with Crippen molar-refractivity contribution < 1.29 is 5.11 Å². The molecule has 4 heteroatoms. The third-order valence-corrected chi connectivity index (χ3v) is 4.63. The number of rotatable bonds is 3. The minimum Gasteiger partial charge on any atom is -0.388 e. The lowest BCUT2D eigenvalue weighted by atomic mass is 10.1. The molecule has 0 aliphatic carbocycles. The molecule has 0 fully saturated rings. The summed E-state index contributed by atoms with van der Waals surface area (Å²) < 4.78 is 1.01. The van der Waals surface area contributed by atoms with Crippen molar-refractivity contribution in [2.24, 2.45) is 0 Å². The Morgan fingerprint density at radius 1 is 1.43 bits per heavy atom. The molecule has 0 amide bonds. The summed E-state index contributed by atoms with van der Waals surface area (Å²) in [5, 5.41) is 16.0. The van der Waals surface area contributed by atoms with Gasteiger partial charge in [-0.3, -0.25) is 0 Å². The van der Waals surface area contributed by atoms with Crippen molar-refractivity contribution in [3.63, 3.8) is 0 Å².